The Balaban J connectivity index is 3.09. The van der Waals surface area contributed by atoms with Gasteiger partial charge in [0.05, 0.1) is 16.9 Å². The Kier molecular flexibility index (Phi) is 4.17. The van der Waals surface area contributed by atoms with Gasteiger partial charge in [-0.25, -0.2) is 4.79 Å². The summed E-state index contributed by atoms with van der Waals surface area (Å²) in [5.74, 6) is -0.922. The van der Waals surface area contributed by atoms with Gasteiger partial charge in [0.15, 0.2) is 0 Å². The number of carboxylic acids is 1. The Morgan fingerprint density at radius 2 is 2.12 bits per heavy atom. The standard InChI is InChI=1S/C12H18N2O2/c1-3-7-14(4-2)11-8-9(12(15)16)5-6-10(11)13/h5-6,8H,3-4,7,13H2,1-2H3,(H,15,16). The fourth-order valence-corrected chi connectivity index (χ4v) is 1.67. The van der Waals surface area contributed by atoms with E-state index in [2.05, 4.69) is 11.8 Å². The second kappa shape index (κ2) is 5.39. The van der Waals surface area contributed by atoms with E-state index in [0.29, 0.717) is 5.69 Å². The van der Waals surface area contributed by atoms with Gasteiger partial charge >= 0.3 is 5.97 Å². The number of nitrogen functional groups attached to an aromatic ring is 1. The molecular formula is C12H18N2O2. The molecule has 0 atom stereocenters. The fraction of sp³-hybridized carbons (Fsp3) is 0.417. The molecule has 4 heteroatoms. The number of anilines is 2. The molecule has 16 heavy (non-hydrogen) atoms. The number of nitrogens with zero attached hydrogens (tertiary/aromatic N) is 1. The van der Waals surface area contributed by atoms with E-state index >= 15 is 0 Å². The van der Waals surface area contributed by atoms with Crippen molar-refractivity contribution in [3.63, 3.8) is 0 Å². The number of aromatic carboxylic acids is 1. The van der Waals surface area contributed by atoms with Crippen LogP contribution in [0.4, 0.5) is 11.4 Å². The van der Waals surface area contributed by atoms with Crippen molar-refractivity contribution in [3.8, 4) is 0 Å². The van der Waals surface area contributed by atoms with E-state index in [-0.39, 0.29) is 5.56 Å². The molecule has 1 aromatic carbocycles. The Morgan fingerprint density at radius 1 is 1.44 bits per heavy atom. The average molecular weight is 222 g/mol. The number of rotatable bonds is 5. The zero-order chi connectivity index (χ0) is 12.1. The number of carboxylic acid groups (broad SMARTS) is 1. The van der Waals surface area contributed by atoms with Crippen molar-refractivity contribution in [1.82, 2.24) is 0 Å². The van der Waals surface area contributed by atoms with E-state index in [1.807, 2.05) is 6.92 Å². The smallest absolute Gasteiger partial charge is 0.335 e. The third-order valence-electron chi connectivity index (χ3n) is 2.49. The van der Waals surface area contributed by atoms with E-state index in [1.54, 1.807) is 12.1 Å². The molecule has 0 aromatic heterocycles. The first-order chi connectivity index (χ1) is 7.60. The lowest BCUT2D eigenvalue weighted by atomic mass is 10.1. The van der Waals surface area contributed by atoms with E-state index in [1.165, 1.54) is 6.07 Å². The van der Waals surface area contributed by atoms with E-state index in [4.69, 9.17) is 10.8 Å². The summed E-state index contributed by atoms with van der Waals surface area (Å²) >= 11 is 0. The van der Waals surface area contributed by atoms with Crippen molar-refractivity contribution < 1.29 is 9.90 Å². The van der Waals surface area contributed by atoms with Crippen molar-refractivity contribution in [2.24, 2.45) is 0 Å². The highest BCUT2D eigenvalue weighted by Crippen LogP contribution is 2.24. The van der Waals surface area contributed by atoms with Crippen LogP contribution in [-0.4, -0.2) is 24.2 Å². The highest BCUT2D eigenvalue weighted by molar-refractivity contribution is 5.90. The zero-order valence-corrected chi connectivity index (χ0v) is 9.73. The fourth-order valence-electron chi connectivity index (χ4n) is 1.67. The van der Waals surface area contributed by atoms with Gasteiger partial charge < -0.3 is 15.7 Å². The molecule has 0 heterocycles. The van der Waals surface area contributed by atoms with Crippen LogP contribution in [0.25, 0.3) is 0 Å². The predicted octanol–water partition coefficient (Wildman–Crippen LogP) is 2.20. The molecule has 0 aliphatic rings. The van der Waals surface area contributed by atoms with Gasteiger partial charge in [-0.3, -0.25) is 0 Å². The molecular weight excluding hydrogens is 204 g/mol. The Hall–Kier alpha value is -1.71. The van der Waals surface area contributed by atoms with Crippen LogP contribution in [0.15, 0.2) is 18.2 Å². The van der Waals surface area contributed by atoms with Crippen molar-refractivity contribution in [2.75, 3.05) is 23.7 Å². The van der Waals surface area contributed by atoms with Crippen LogP contribution in [0.5, 0.6) is 0 Å². The molecule has 0 spiro atoms. The molecule has 1 rings (SSSR count). The number of hydrogen-bond donors (Lipinski definition) is 2. The summed E-state index contributed by atoms with van der Waals surface area (Å²) in [6.45, 7) is 5.81. The van der Waals surface area contributed by atoms with Gasteiger partial charge in [0.1, 0.15) is 0 Å². The summed E-state index contributed by atoms with van der Waals surface area (Å²) in [6.07, 6.45) is 1.00. The van der Waals surface area contributed by atoms with Crippen molar-refractivity contribution in [1.29, 1.82) is 0 Å². The molecule has 0 saturated carbocycles. The lowest BCUT2D eigenvalue weighted by molar-refractivity contribution is 0.0697. The topological polar surface area (TPSA) is 66.6 Å². The van der Waals surface area contributed by atoms with Gasteiger partial charge in [-0.1, -0.05) is 6.92 Å². The zero-order valence-electron chi connectivity index (χ0n) is 9.73. The van der Waals surface area contributed by atoms with E-state index < -0.39 is 5.97 Å². The number of benzene rings is 1. The lowest BCUT2D eigenvalue weighted by Gasteiger charge is -2.24. The van der Waals surface area contributed by atoms with Crippen LogP contribution in [0.2, 0.25) is 0 Å². The van der Waals surface area contributed by atoms with Gasteiger partial charge in [0.25, 0.3) is 0 Å². The molecule has 0 aliphatic heterocycles. The van der Waals surface area contributed by atoms with Crippen LogP contribution < -0.4 is 10.6 Å². The third kappa shape index (κ3) is 2.66. The molecule has 1 aromatic rings. The highest BCUT2D eigenvalue weighted by Gasteiger charge is 2.11. The Morgan fingerprint density at radius 3 is 2.62 bits per heavy atom. The lowest BCUT2D eigenvalue weighted by Crippen LogP contribution is -2.24. The molecule has 3 N–H and O–H groups in total. The second-order valence-electron chi connectivity index (χ2n) is 3.66. The van der Waals surface area contributed by atoms with Gasteiger partial charge in [-0.05, 0) is 31.5 Å². The molecule has 0 fully saturated rings. The van der Waals surface area contributed by atoms with E-state index in [0.717, 1.165) is 25.2 Å². The SMILES string of the molecule is CCCN(CC)c1cc(C(=O)O)ccc1N. The maximum atomic E-state index is 10.9. The number of hydrogen-bond acceptors (Lipinski definition) is 3. The van der Waals surface area contributed by atoms with Crippen molar-refractivity contribution in [2.45, 2.75) is 20.3 Å². The summed E-state index contributed by atoms with van der Waals surface area (Å²) in [7, 11) is 0. The summed E-state index contributed by atoms with van der Waals surface area (Å²) in [5.41, 5.74) is 7.57. The normalized spacial score (nSPS) is 10.1. The predicted molar refractivity (Wildman–Crippen MR) is 66.0 cm³/mol. The number of carbonyl (C=O) groups is 1. The minimum absolute atomic E-state index is 0.277. The molecule has 0 amide bonds. The Bertz CT molecular complexity index is 377. The van der Waals surface area contributed by atoms with Gasteiger partial charge in [0.2, 0.25) is 0 Å². The molecule has 0 unspecified atom stereocenters. The molecule has 0 bridgehead atoms. The highest BCUT2D eigenvalue weighted by atomic mass is 16.4. The third-order valence-corrected chi connectivity index (χ3v) is 2.49. The Labute approximate surface area is 95.7 Å². The molecule has 0 saturated heterocycles. The molecule has 0 aliphatic carbocycles. The summed E-state index contributed by atoms with van der Waals surface area (Å²) < 4.78 is 0. The van der Waals surface area contributed by atoms with Crippen LogP contribution in [0.3, 0.4) is 0 Å². The minimum Gasteiger partial charge on any atom is -0.478 e. The van der Waals surface area contributed by atoms with Crippen LogP contribution in [0.1, 0.15) is 30.6 Å². The van der Waals surface area contributed by atoms with E-state index in [9.17, 15) is 4.79 Å². The minimum atomic E-state index is -0.922. The number of nitrogens with two attached hydrogens (primary N) is 1. The maximum absolute atomic E-state index is 10.9. The summed E-state index contributed by atoms with van der Waals surface area (Å²) in [6, 6.07) is 4.81. The largest absolute Gasteiger partial charge is 0.478 e. The van der Waals surface area contributed by atoms with Crippen LogP contribution >= 0.6 is 0 Å². The summed E-state index contributed by atoms with van der Waals surface area (Å²) in [5, 5.41) is 8.93. The maximum Gasteiger partial charge on any atom is 0.335 e. The van der Waals surface area contributed by atoms with Crippen molar-refractivity contribution >= 4 is 17.3 Å². The first kappa shape index (κ1) is 12.4. The average Bonchev–Trinajstić information content (AvgIpc) is 2.26. The molecule has 88 valence electrons. The van der Waals surface area contributed by atoms with Gasteiger partial charge in [0, 0.05) is 13.1 Å². The van der Waals surface area contributed by atoms with Gasteiger partial charge in [-0.2, -0.15) is 0 Å². The first-order valence-corrected chi connectivity index (χ1v) is 5.47. The van der Waals surface area contributed by atoms with Crippen LogP contribution in [-0.2, 0) is 0 Å². The summed E-state index contributed by atoms with van der Waals surface area (Å²) in [4.78, 5) is 13.0. The second-order valence-corrected chi connectivity index (χ2v) is 3.66. The first-order valence-electron chi connectivity index (χ1n) is 5.47. The quantitative estimate of drug-likeness (QED) is 0.749. The monoisotopic (exact) mass is 222 g/mol. The van der Waals surface area contributed by atoms with Crippen LogP contribution in [0, 0.1) is 0 Å². The van der Waals surface area contributed by atoms with Crippen molar-refractivity contribution in [3.05, 3.63) is 23.8 Å². The molecule has 0 radical (unpaired) electrons. The molecule has 4 nitrogen and oxygen atoms in total. The van der Waals surface area contributed by atoms with Gasteiger partial charge in [-0.15, -0.1) is 0 Å².